The summed E-state index contributed by atoms with van der Waals surface area (Å²) < 4.78 is 5.82. The number of esters is 1. The average Bonchev–Trinajstić information content (AvgIpc) is 2.99. The Morgan fingerprint density at radius 1 is 1.16 bits per heavy atom. The Bertz CT molecular complexity index is 376. The van der Waals surface area contributed by atoms with Gasteiger partial charge in [-0.15, -0.1) is 0 Å². The van der Waals surface area contributed by atoms with Gasteiger partial charge < -0.3 is 9.84 Å². The number of fused-ring (bicyclic) bond motifs is 5. The first-order valence-corrected chi connectivity index (χ1v) is 7.81. The van der Waals surface area contributed by atoms with Gasteiger partial charge in [-0.05, 0) is 69.6 Å². The summed E-state index contributed by atoms with van der Waals surface area (Å²) >= 11 is 0. The van der Waals surface area contributed by atoms with Crippen LogP contribution in [0.4, 0.5) is 0 Å². The maximum absolute atomic E-state index is 12.2. The lowest BCUT2D eigenvalue weighted by molar-refractivity contribution is -0.163. The zero-order chi connectivity index (χ0) is 13.8. The Hall–Kier alpha value is -0.570. The molecule has 3 rings (SSSR count). The van der Waals surface area contributed by atoms with Crippen molar-refractivity contribution >= 4 is 5.97 Å². The van der Waals surface area contributed by atoms with Crippen molar-refractivity contribution in [3.63, 3.8) is 0 Å². The van der Waals surface area contributed by atoms with E-state index in [9.17, 15) is 9.90 Å². The molecule has 108 valence electrons. The summed E-state index contributed by atoms with van der Waals surface area (Å²) in [5, 5.41) is 9.83. The standard InChI is InChI=1S/C16H26O3/c1-4-16(2,3)15(18)19-14-6-9-5-13(14)12-8-10(17)7-11(9)12/h9-14,17H,4-8H2,1-3H3. The summed E-state index contributed by atoms with van der Waals surface area (Å²) in [7, 11) is 0. The van der Waals surface area contributed by atoms with Crippen LogP contribution in [0.2, 0.25) is 0 Å². The van der Waals surface area contributed by atoms with Crippen LogP contribution in [0.25, 0.3) is 0 Å². The molecule has 0 saturated heterocycles. The number of carbonyl (C=O) groups excluding carboxylic acids is 1. The average molecular weight is 266 g/mol. The van der Waals surface area contributed by atoms with E-state index in [2.05, 4.69) is 0 Å². The molecular weight excluding hydrogens is 240 g/mol. The molecule has 1 N–H and O–H groups in total. The lowest BCUT2D eigenvalue weighted by Crippen LogP contribution is -2.36. The maximum atomic E-state index is 12.2. The summed E-state index contributed by atoms with van der Waals surface area (Å²) in [4.78, 5) is 12.2. The van der Waals surface area contributed by atoms with Crippen molar-refractivity contribution in [3.8, 4) is 0 Å². The number of aliphatic hydroxyl groups excluding tert-OH is 1. The molecule has 0 spiro atoms. The summed E-state index contributed by atoms with van der Waals surface area (Å²) in [5.74, 6) is 2.48. The number of carbonyl (C=O) groups is 1. The van der Waals surface area contributed by atoms with Crippen molar-refractivity contribution in [3.05, 3.63) is 0 Å². The predicted molar refractivity (Wildman–Crippen MR) is 72.4 cm³/mol. The lowest BCUT2D eigenvalue weighted by Gasteiger charge is -2.33. The highest BCUT2D eigenvalue weighted by atomic mass is 16.5. The van der Waals surface area contributed by atoms with Crippen LogP contribution >= 0.6 is 0 Å². The molecule has 3 fully saturated rings. The van der Waals surface area contributed by atoms with Crippen LogP contribution in [0.3, 0.4) is 0 Å². The molecule has 3 aliphatic rings. The minimum atomic E-state index is -0.365. The summed E-state index contributed by atoms with van der Waals surface area (Å²) in [6, 6.07) is 0. The van der Waals surface area contributed by atoms with E-state index in [1.54, 1.807) is 0 Å². The smallest absolute Gasteiger partial charge is 0.311 e. The molecule has 0 aromatic carbocycles. The Morgan fingerprint density at radius 2 is 1.84 bits per heavy atom. The summed E-state index contributed by atoms with van der Waals surface area (Å²) in [6.45, 7) is 5.96. The van der Waals surface area contributed by atoms with Gasteiger partial charge in [-0.1, -0.05) is 6.92 Å². The van der Waals surface area contributed by atoms with Gasteiger partial charge >= 0.3 is 5.97 Å². The molecule has 0 aromatic heterocycles. The minimum absolute atomic E-state index is 0.0392. The number of rotatable bonds is 3. The van der Waals surface area contributed by atoms with Crippen molar-refractivity contribution < 1.29 is 14.6 Å². The Labute approximate surface area is 115 Å². The van der Waals surface area contributed by atoms with Crippen molar-refractivity contribution in [2.24, 2.45) is 29.1 Å². The normalized spacial score (nSPS) is 44.4. The molecular formula is C16H26O3. The van der Waals surface area contributed by atoms with Crippen LogP contribution in [0, 0.1) is 29.1 Å². The third-order valence-electron chi connectivity index (χ3n) is 6.08. The van der Waals surface area contributed by atoms with E-state index < -0.39 is 0 Å². The number of hydrogen-bond acceptors (Lipinski definition) is 3. The molecule has 0 radical (unpaired) electrons. The van der Waals surface area contributed by atoms with E-state index in [0.717, 1.165) is 25.7 Å². The molecule has 2 bridgehead atoms. The van der Waals surface area contributed by atoms with Gasteiger partial charge in [0.05, 0.1) is 11.5 Å². The Balaban J connectivity index is 1.65. The largest absolute Gasteiger partial charge is 0.462 e. The zero-order valence-corrected chi connectivity index (χ0v) is 12.3. The topological polar surface area (TPSA) is 46.5 Å². The first-order valence-electron chi connectivity index (χ1n) is 7.81. The van der Waals surface area contributed by atoms with E-state index in [4.69, 9.17) is 4.74 Å². The fraction of sp³-hybridized carbons (Fsp3) is 0.938. The Morgan fingerprint density at radius 3 is 2.53 bits per heavy atom. The molecule has 3 nitrogen and oxygen atoms in total. The van der Waals surface area contributed by atoms with E-state index in [0.29, 0.717) is 23.7 Å². The van der Waals surface area contributed by atoms with Crippen LogP contribution in [0.15, 0.2) is 0 Å². The van der Waals surface area contributed by atoms with E-state index in [-0.39, 0.29) is 23.6 Å². The van der Waals surface area contributed by atoms with Gasteiger partial charge in [0.15, 0.2) is 0 Å². The van der Waals surface area contributed by atoms with Gasteiger partial charge in [0, 0.05) is 0 Å². The number of ether oxygens (including phenoxy) is 1. The highest BCUT2D eigenvalue weighted by molar-refractivity contribution is 5.76. The van der Waals surface area contributed by atoms with Gasteiger partial charge in [0.2, 0.25) is 0 Å². The SMILES string of the molecule is CCC(C)(C)C(=O)OC1CC2CC1C1CC(O)CC21. The molecule has 6 unspecified atom stereocenters. The second-order valence-corrected chi connectivity index (χ2v) is 7.53. The highest BCUT2D eigenvalue weighted by Gasteiger charge is 2.57. The molecule has 0 amide bonds. The van der Waals surface area contributed by atoms with Crippen LogP contribution in [0.1, 0.15) is 52.9 Å². The number of aliphatic hydroxyl groups is 1. The lowest BCUT2D eigenvalue weighted by atomic mass is 9.80. The van der Waals surface area contributed by atoms with Gasteiger partial charge in [-0.25, -0.2) is 0 Å². The van der Waals surface area contributed by atoms with Gasteiger partial charge in [0.1, 0.15) is 6.10 Å². The van der Waals surface area contributed by atoms with Crippen molar-refractivity contribution in [2.75, 3.05) is 0 Å². The highest BCUT2D eigenvalue weighted by Crippen LogP contribution is 2.59. The van der Waals surface area contributed by atoms with Crippen molar-refractivity contribution in [2.45, 2.75) is 65.1 Å². The van der Waals surface area contributed by atoms with E-state index in [1.807, 2.05) is 20.8 Å². The van der Waals surface area contributed by atoms with Crippen LogP contribution < -0.4 is 0 Å². The molecule has 3 aliphatic carbocycles. The maximum Gasteiger partial charge on any atom is 0.311 e. The van der Waals surface area contributed by atoms with Crippen molar-refractivity contribution in [1.82, 2.24) is 0 Å². The summed E-state index contributed by atoms with van der Waals surface area (Å²) in [5.41, 5.74) is -0.365. The van der Waals surface area contributed by atoms with Gasteiger partial charge in [-0.2, -0.15) is 0 Å². The second-order valence-electron chi connectivity index (χ2n) is 7.53. The second kappa shape index (κ2) is 4.47. The third-order valence-corrected chi connectivity index (χ3v) is 6.08. The summed E-state index contributed by atoms with van der Waals surface area (Å²) in [6.07, 6.45) is 4.98. The molecule has 19 heavy (non-hydrogen) atoms. The Kier molecular flexibility index (Phi) is 3.16. The fourth-order valence-corrected chi connectivity index (χ4v) is 4.56. The van der Waals surface area contributed by atoms with Crippen LogP contribution in [-0.2, 0) is 9.53 Å². The predicted octanol–water partition coefficient (Wildman–Crippen LogP) is 2.76. The molecule has 0 heterocycles. The zero-order valence-electron chi connectivity index (χ0n) is 12.3. The minimum Gasteiger partial charge on any atom is -0.462 e. The monoisotopic (exact) mass is 266 g/mol. The first kappa shape index (κ1) is 13.4. The fourth-order valence-electron chi connectivity index (χ4n) is 4.56. The molecule has 3 saturated carbocycles. The van der Waals surface area contributed by atoms with Gasteiger partial charge in [0.25, 0.3) is 0 Å². The number of hydrogen-bond donors (Lipinski definition) is 1. The molecule has 0 aromatic rings. The molecule has 3 heteroatoms. The van der Waals surface area contributed by atoms with Gasteiger partial charge in [-0.3, -0.25) is 4.79 Å². The first-order chi connectivity index (χ1) is 8.92. The molecule has 0 aliphatic heterocycles. The molecule has 6 atom stereocenters. The van der Waals surface area contributed by atoms with Crippen LogP contribution in [-0.4, -0.2) is 23.3 Å². The van der Waals surface area contributed by atoms with E-state index >= 15 is 0 Å². The van der Waals surface area contributed by atoms with Crippen molar-refractivity contribution in [1.29, 1.82) is 0 Å². The third kappa shape index (κ3) is 2.10. The quantitative estimate of drug-likeness (QED) is 0.799. The van der Waals surface area contributed by atoms with Crippen LogP contribution in [0.5, 0.6) is 0 Å². The van der Waals surface area contributed by atoms with E-state index in [1.165, 1.54) is 6.42 Å².